The first-order chi connectivity index (χ1) is 14.0. The van der Waals surface area contributed by atoms with Gasteiger partial charge in [-0.05, 0) is 72.1 Å². The summed E-state index contributed by atoms with van der Waals surface area (Å²) in [7, 11) is 0. The van der Waals surface area contributed by atoms with Gasteiger partial charge in [0.2, 0.25) is 0 Å². The largest absolute Gasteiger partial charge is 0.489 e. The Labute approximate surface area is 171 Å². The minimum absolute atomic E-state index is 0.275. The third-order valence-corrected chi connectivity index (χ3v) is 5.56. The van der Waals surface area contributed by atoms with Crippen molar-refractivity contribution in [2.45, 2.75) is 32.8 Å². The lowest BCUT2D eigenvalue weighted by atomic mass is 9.91. The van der Waals surface area contributed by atoms with Crippen molar-refractivity contribution in [1.29, 1.82) is 0 Å². The van der Waals surface area contributed by atoms with Crippen LogP contribution in [0.3, 0.4) is 0 Å². The van der Waals surface area contributed by atoms with Crippen LogP contribution in [0, 0.1) is 23.6 Å². The number of ether oxygens (including phenoxy) is 1. The van der Waals surface area contributed by atoms with Crippen LogP contribution < -0.4 is 4.74 Å². The first kappa shape index (κ1) is 20.8. The van der Waals surface area contributed by atoms with E-state index >= 15 is 0 Å². The number of carboxylic acids is 1. The van der Waals surface area contributed by atoms with Crippen molar-refractivity contribution >= 4 is 12.0 Å². The van der Waals surface area contributed by atoms with Gasteiger partial charge in [0, 0.05) is 6.08 Å². The molecule has 4 rings (SSSR count). The maximum absolute atomic E-state index is 12.7. The highest BCUT2D eigenvalue weighted by Crippen LogP contribution is 2.44. The Kier molecular flexibility index (Phi) is 7.23. The number of carbonyl (C=O) groups is 1. The van der Waals surface area contributed by atoms with E-state index in [0.29, 0.717) is 12.4 Å². The molecule has 152 valence electrons. The summed E-state index contributed by atoms with van der Waals surface area (Å²) in [4.78, 5) is 10.4. The molecule has 3 unspecified atom stereocenters. The number of aliphatic carboxylic acids is 1. The highest BCUT2D eigenvalue weighted by atomic mass is 19.1. The predicted molar refractivity (Wildman–Crippen MR) is 113 cm³/mol. The molecule has 2 aromatic carbocycles. The monoisotopic (exact) mass is 394 g/mol. The van der Waals surface area contributed by atoms with Crippen LogP contribution >= 0.6 is 0 Å². The number of hydrogen-bond donors (Lipinski definition) is 1. The van der Waals surface area contributed by atoms with Gasteiger partial charge in [-0.3, -0.25) is 0 Å². The van der Waals surface area contributed by atoms with E-state index in [0.717, 1.165) is 35.0 Å². The molecule has 1 N–H and O–H groups in total. The van der Waals surface area contributed by atoms with Gasteiger partial charge in [0.15, 0.2) is 0 Å². The van der Waals surface area contributed by atoms with Crippen LogP contribution in [0.2, 0.25) is 0 Å². The molecule has 29 heavy (non-hydrogen) atoms. The molecular formula is C25H27FO3. The van der Waals surface area contributed by atoms with Gasteiger partial charge < -0.3 is 9.84 Å². The van der Waals surface area contributed by atoms with Crippen molar-refractivity contribution in [3.05, 3.63) is 83.7 Å². The van der Waals surface area contributed by atoms with Crippen molar-refractivity contribution in [3.63, 3.8) is 0 Å². The van der Waals surface area contributed by atoms with E-state index in [1.165, 1.54) is 37.5 Å². The zero-order chi connectivity index (χ0) is 20.6. The van der Waals surface area contributed by atoms with Crippen molar-refractivity contribution < 1.29 is 19.0 Å². The van der Waals surface area contributed by atoms with Crippen LogP contribution in [0.25, 0.3) is 6.08 Å². The molecule has 0 heterocycles. The highest BCUT2D eigenvalue weighted by Gasteiger charge is 2.33. The number of hydrogen-bond acceptors (Lipinski definition) is 2. The molecule has 0 aliphatic heterocycles. The fourth-order valence-corrected chi connectivity index (χ4v) is 3.95. The summed E-state index contributed by atoms with van der Waals surface area (Å²) in [5.74, 6) is 2.40. The van der Waals surface area contributed by atoms with Gasteiger partial charge in [0.05, 0.1) is 0 Å². The van der Waals surface area contributed by atoms with Gasteiger partial charge in [-0.25, -0.2) is 9.18 Å². The molecule has 4 heteroatoms. The number of carboxylic acid groups (broad SMARTS) is 1. The zero-order valence-electron chi connectivity index (χ0n) is 16.6. The molecule has 1 saturated carbocycles. The summed E-state index contributed by atoms with van der Waals surface area (Å²) < 4.78 is 18.3. The molecule has 0 spiro atoms. The summed E-state index contributed by atoms with van der Waals surface area (Å²) in [6, 6.07) is 13.1. The lowest BCUT2D eigenvalue weighted by Gasteiger charge is -2.14. The molecule has 3 nitrogen and oxygen atoms in total. The summed E-state index contributed by atoms with van der Waals surface area (Å²) in [5, 5.41) is 8.52. The fraction of sp³-hybridized carbons (Fsp3) is 0.320. The average Bonchev–Trinajstić information content (AvgIpc) is 3.36. The Hall–Kier alpha value is -2.88. The van der Waals surface area contributed by atoms with Gasteiger partial charge in [-0.2, -0.15) is 0 Å². The second-order valence-electron chi connectivity index (χ2n) is 7.60. The Morgan fingerprint density at radius 2 is 1.83 bits per heavy atom. The Balaban J connectivity index is 0.000000220. The average molecular weight is 394 g/mol. The molecule has 2 bridgehead atoms. The van der Waals surface area contributed by atoms with E-state index in [4.69, 9.17) is 9.84 Å². The first-order valence-electron chi connectivity index (χ1n) is 10.1. The van der Waals surface area contributed by atoms with Gasteiger partial charge in [-0.1, -0.05) is 49.8 Å². The second kappa shape index (κ2) is 10.1. The predicted octanol–water partition coefficient (Wildman–Crippen LogP) is 6.11. The number of benzene rings is 2. The van der Waals surface area contributed by atoms with E-state index in [-0.39, 0.29) is 5.82 Å². The Morgan fingerprint density at radius 1 is 1.10 bits per heavy atom. The topological polar surface area (TPSA) is 46.5 Å². The standard InChI is InChI=1S/C16H13FO3.C9H14/c17-14-6-1-13(2-7-14)11-20-15-8-3-12(4-9-15)5-10-16(18)19;1-2-8-5-7-3-4-9(8)6-7/h1-10H,11H2,(H,18,19);3-4,7-9H,2,5-6H2,1H3. The molecular weight excluding hydrogens is 367 g/mol. The fourth-order valence-electron chi connectivity index (χ4n) is 3.95. The van der Waals surface area contributed by atoms with Crippen LogP contribution in [0.15, 0.2) is 66.8 Å². The van der Waals surface area contributed by atoms with E-state index < -0.39 is 5.97 Å². The molecule has 3 atom stereocenters. The van der Waals surface area contributed by atoms with Crippen LogP contribution in [-0.2, 0) is 11.4 Å². The third kappa shape index (κ3) is 6.31. The summed E-state index contributed by atoms with van der Waals surface area (Å²) in [6.07, 6.45) is 11.8. The summed E-state index contributed by atoms with van der Waals surface area (Å²) in [5.41, 5.74) is 1.66. The Morgan fingerprint density at radius 3 is 2.34 bits per heavy atom. The van der Waals surface area contributed by atoms with Gasteiger partial charge in [-0.15, -0.1) is 0 Å². The minimum atomic E-state index is -0.985. The maximum Gasteiger partial charge on any atom is 0.328 e. The van der Waals surface area contributed by atoms with Crippen LogP contribution in [0.1, 0.15) is 37.3 Å². The lowest BCUT2D eigenvalue weighted by molar-refractivity contribution is -0.131. The van der Waals surface area contributed by atoms with Crippen LogP contribution in [0.4, 0.5) is 4.39 Å². The lowest BCUT2D eigenvalue weighted by Crippen LogP contribution is -2.04. The smallest absolute Gasteiger partial charge is 0.328 e. The minimum Gasteiger partial charge on any atom is -0.489 e. The molecule has 0 radical (unpaired) electrons. The van der Waals surface area contributed by atoms with E-state index in [2.05, 4.69) is 19.1 Å². The number of rotatable bonds is 6. The van der Waals surface area contributed by atoms with Crippen molar-refractivity contribution in [3.8, 4) is 5.75 Å². The molecule has 0 aromatic heterocycles. The van der Waals surface area contributed by atoms with E-state index in [1.807, 2.05) is 0 Å². The van der Waals surface area contributed by atoms with Crippen molar-refractivity contribution in [2.24, 2.45) is 17.8 Å². The zero-order valence-corrected chi connectivity index (χ0v) is 16.6. The van der Waals surface area contributed by atoms with Crippen molar-refractivity contribution in [2.75, 3.05) is 0 Å². The normalized spacial score (nSPS) is 21.8. The second-order valence-corrected chi connectivity index (χ2v) is 7.60. The number of halogens is 1. The maximum atomic E-state index is 12.7. The molecule has 1 fully saturated rings. The quantitative estimate of drug-likeness (QED) is 0.475. The van der Waals surface area contributed by atoms with Gasteiger partial charge in [0.1, 0.15) is 18.2 Å². The number of allylic oxidation sites excluding steroid dienone is 2. The summed E-state index contributed by atoms with van der Waals surface area (Å²) in [6.45, 7) is 2.67. The van der Waals surface area contributed by atoms with E-state index in [9.17, 15) is 9.18 Å². The molecule has 0 amide bonds. The van der Waals surface area contributed by atoms with Gasteiger partial charge >= 0.3 is 5.97 Å². The molecule has 2 aromatic rings. The van der Waals surface area contributed by atoms with Crippen LogP contribution in [0.5, 0.6) is 5.75 Å². The first-order valence-corrected chi connectivity index (χ1v) is 10.1. The molecule has 2 aliphatic carbocycles. The number of fused-ring (bicyclic) bond motifs is 2. The van der Waals surface area contributed by atoms with Gasteiger partial charge in [0.25, 0.3) is 0 Å². The summed E-state index contributed by atoms with van der Waals surface area (Å²) >= 11 is 0. The third-order valence-electron chi connectivity index (χ3n) is 5.56. The molecule has 0 saturated heterocycles. The van der Waals surface area contributed by atoms with E-state index in [1.54, 1.807) is 36.4 Å². The SMILES string of the molecule is CCC1CC2C=CC1C2.O=C(O)C=Cc1ccc(OCc2ccc(F)cc2)cc1. The van der Waals surface area contributed by atoms with Crippen molar-refractivity contribution in [1.82, 2.24) is 0 Å². The molecule has 2 aliphatic rings. The van der Waals surface area contributed by atoms with Crippen LogP contribution in [-0.4, -0.2) is 11.1 Å². The Bertz CT molecular complexity index is 853. The highest BCUT2D eigenvalue weighted by molar-refractivity contribution is 5.85.